The molecule has 0 aliphatic carbocycles. The zero-order chi connectivity index (χ0) is 14.5. The molecule has 0 aliphatic heterocycles. The summed E-state index contributed by atoms with van der Waals surface area (Å²) in [6.07, 6.45) is 0.537. The predicted molar refractivity (Wildman–Crippen MR) is 87.3 cm³/mol. The zero-order valence-electron chi connectivity index (χ0n) is 10.7. The van der Waals surface area contributed by atoms with Crippen LogP contribution >= 0.6 is 28.1 Å². The van der Waals surface area contributed by atoms with Gasteiger partial charge >= 0.3 is 0 Å². The average Bonchev–Trinajstić information content (AvgIpc) is 2.43. The molecule has 0 aliphatic rings. The minimum atomic E-state index is 0.0723. The van der Waals surface area contributed by atoms with Gasteiger partial charge in [0.05, 0.1) is 5.56 Å². The van der Waals surface area contributed by atoms with Crippen LogP contribution in [0.2, 0.25) is 0 Å². The Labute approximate surface area is 131 Å². The predicted octanol–water partition coefficient (Wildman–Crippen LogP) is 3.41. The molecule has 5 heteroatoms. The van der Waals surface area contributed by atoms with Crippen molar-refractivity contribution >= 4 is 33.1 Å². The molecule has 2 rings (SSSR count). The second kappa shape index (κ2) is 6.83. The lowest BCUT2D eigenvalue weighted by atomic mass is 10.1. The Balaban J connectivity index is 2.37. The highest BCUT2D eigenvalue weighted by Gasteiger charge is 2.10. The van der Waals surface area contributed by atoms with E-state index < -0.39 is 0 Å². The number of hydrogen-bond donors (Lipinski definition) is 2. The van der Waals surface area contributed by atoms with Crippen molar-refractivity contribution in [3.63, 3.8) is 0 Å². The minimum Gasteiger partial charge on any atom is -0.456 e. The maximum absolute atomic E-state index is 9.09. The summed E-state index contributed by atoms with van der Waals surface area (Å²) >= 11 is 8.43. The SMILES string of the molecule is NC(=S)c1cc(Br)ccc1Oc1ccccc1CCO. The maximum atomic E-state index is 9.09. The number of para-hydroxylation sites is 1. The van der Waals surface area contributed by atoms with Gasteiger partial charge in [-0.05, 0) is 36.2 Å². The number of ether oxygens (including phenoxy) is 1. The Kier molecular flexibility index (Phi) is 5.11. The highest BCUT2D eigenvalue weighted by molar-refractivity contribution is 9.10. The van der Waals surface area contributed by atoms with Crippen molar-refractivity contribution < 1.29 is 9.84 Å². The summed E-state index contributed by atoms with van der Waals surface area (Å²) < 4.78 is 6.80. The van der Waals surface area contributed by atoms with Crippen LogP contribution in [0.1, 0.15) is 11.1 Å². The van der Waals surface area contributed by atoms with Gasteiger partial charge in [-0.25, -0.2) is 0 Å². The first-order chi connectivity index (χ1) is 9.61. The lowest BCUT2D eigenvalue weighted by Crippen LogP contribution is -2.11. The topological polar surface area (TPSA) is 55.5 Å². The van der Waals surface area contributed by atoms with Gasteiger partial charge in [0, 0.05) is 11.1 Å². The van der Waals surface area contributed by atoms with Gasteiger partial charge in [-0.15, -0.1) is 0 Å². The highest BCUT2D eigenvalue weighted by Crippen LogP contribution is 2.30. The number of thiocarbonyl (C=S) groups is 1. The van der Waals surface area contributed by atoms with Crippen LogP contribution < -0.4 is 10.5 Å². The number of nitrogens with two attached hydrogens (primary N) is 1. The Morgan fingerprint density at radius 1 is 1.20 bits per heavy atom. The van der Waals surface area contributed by atoms with Crippen LogP contribution in [-0.4, -0.2) is 16.7 Å². The molecule has 104 valence electrons. The fraction of sp³-hybridized carbons (Fsp3) is 0.133. The first-order valence-corrected chi connectivity index (χ1v) is 7.28. The van der Waals surface area contributed by atoms with Crippen LogP contribution in [0.4, 0.5) is 0 Å². The van der Waals surface area contributed by atoms with Gasteiger partial charge in [-0.1, -0.05) is 46.3 Å². The summed E-state index contributed by atoms with van der Waals surface area (Å²) in [7, 11) is 0. The Hall–Kier alpha value is -1.43. The third-order valence-electron chi connectivity index (χ3n) is 2.78. The molecule has 0 amide bonds. The number of hydrogen-bond acceptors (Lipinski definition) is 3. The molecule has 20 heavy (non-hydrogen) atoms. The van der Waals surface area contributed by atoms with Gasteiger partial charge < -0.3 is 15.6 Å². The Morgan fingerprint density at radius 2 is 1.95 bits per heavy atom. The van der Waals surface area contributed by atoms with Gasteiger partial charge in [0.15, 0.2) is 0 Å². The normalized spacial score (nSPS) is 10.3. The van der Waals surface area contributed by atoms with Crippen molar-refractivity contribution in [1.29, 1.82) is 0 Å². The number of benzene rings is 2. The minimum absolute atomic E-state index is 0.0723. The molecule has 0 radical (unpaired) electrons. The van der Waals surface area contributed by atoms with E-state index in [-0.39, 0.29) is 11.6 Å². The first-order valence-electron chi connectivity index (χ1n) is 6.08. The summed E-state index contributed by atoms with van der Waals surface area (Å²) in [6, 6.07) is 13.1. The highest BCUT2D eigenvalue weighted by atomic mass is 79.9. The second-order valence-electron chi connectivity index (χ2n) is 4.19. The quantitative estimate of drug-likeness (QED) is 0.810. The maximum Gasteiger partial charge on any atom is 0.137 e. The van der Waals surface area contributed by atoms with E-state index in [1.54, 1.807) is 0 Å². The lowest BCUT2D eigenvalue weighted by Gasteiger charge is -2.13. The summed E-state index contributed by atoms with van der Waals surface area (Å²) in [4.78, 5) is 0.279. The summed E-state index contributed by atoms with van der Waals surface area (Å²) in [5, 5.41) is 9.09. The molecule has 0 saturated carbocycles. The van der Waals surface area contributed by atoms with E-state index in [1.165, 1.54) is 0 Å². The van der Waals surface area contributed by atoms with Gasteiger partial charge in [0.25, 0.3) is 0 Å². The van der Waals surface area contributed by atoms with E-state index >= 15 is 0 Å². The van der Waals surface area contributed by atoms with Crippen LogP contribution in [0.5, 0.6) is 11.5 Å². The van der Waals surface area contributed by atoms with Crippen LogP contribution in [0.25, 0.3) is 0 Å². The average molecular weight is 352 g/mol. The van der Waals surface area contributed by atoms with Crippen LogP contribution in [0.3, 0.4) is 0 Å². The molecule has 2 aromatic carbocycles. The molecule has 0 bridgehead atoms. The van der Waals surface area contributed by atoms with Gasteiger partial charge in [0.2, 0.25) is 0 Å². The number of aliphatic hydroxyl groups excluding tert-OH is 1. The van der Waals surface area contributed by atoms with Gasteiger partial charge in [-0.2, -0.15) is 0 Å². The monoisotopic (exact) mass is 351 g/mol. The summed E-state index contributed by atoms with van der Waals surface area (Å²) in [5.74, 6) is 1.30. The standard InChI is InChI=1S/C15H14BrNO2S/c16-11-5-6-14(12(9-11)15(17)20)19-13-4-2-1-3-10(13)7-8-18/h1-6,9,18H,7-8H2,(H2,17,20). The van der Waals surface area contributed by atoms with E-state index in [1.807, 2.05) is 42.5 Å². The van der Waals surface area contributed by atoms with Crippen molar-refractivity contribution in [3.8, 4) is 11.5 Å². The molecule has 0 spiro atoms. The fourth-order valence-corrected chi connectivity index (χ4v) is 2.35. The third kappa shape index (κ3) is 3.56. The molecule has 0 heterocycles. The lowest BCUT2D eigenvalue weighted by molar-refractivity contribution is 0.298. The van der Waals surface area contributed by atoms with Crippen LogP contribution in [0, 0.1) is 0 Å². The molecule has 0 unspecified atom stereocenters. The second-order valence-corrected chi connectivity index (χ2v) is 5.54. The molecule has 3 N–H and O–H groups in total. The van der Waals surface area contributed by atoms with Crippen LogP contribution in [0.15, 0.2) is 46.9 Å². The summed E-state index contributed by atoms with van der Waals surface area (Å²) in [5.41, 5.74) is 7.34. The molecule has 3 nitrogen and oxygen atoms in total. The van der Waals surface area contributed by atoms with Crippen molar-refractivity contribution in [2.75, 3.05) is 6.61 Å². The van der Waals surface area contributed by atoms with E-state index in [2.05, 4.69) is 15.9 Å². The molecule has 0 aromatic heterocycles. The molecule has 0 atom stereocenters. The van der Waals surface area contributed by atoms with Crippen molar-refractivity contribution in [2.45, 2.75) is 6.42 Å². The molecule has 2 aromatic rings. The van der Waals surface area contributed by atoms with E-state index in [0.717, 1.165) is 10.0 Å². The van der Waals surface area contributed by atoms with Crippen molar-refractivity contribution in [1.82, 2.24) is 0 Å². The van der Waals surface area contributed by atoms with Crippen molar-refractivity contribution in [2.24, 2.45) is 5.73 Å². The largest absolute Gasteiger partial charge is 0.456 e. The Morgan fingerprint density at radius 3 is 2.65 bits per heavy atom. The number of halogens is 1. The van der Waals surface area contributed by atoms with Gasteiger partial charge in [0.1, 0.15) is 16.5 Å². The Bertz CT molecular complexity index is 631. The fourth-order valence-electron chi connectivity index (χ4n) is 1.83. The molecular weight excluding hydrogens is 338 g/mol. The smallest absolute Gasteiger partial charge is 0.137 e. The van der Waals surface area contributed by atoms with Crippen molar-refractivity contribution in [3.05, 3.63) is 58.1 Å². The third-order valence-corrected chi connectivity index (χ3v) is 3.49. The van der Waals surface area contributed by atoms with E-state index in [9.17, 15) is 0 Å². The van der Waals surface area contributed by atoms with Crippen LogP contribution in [-0.2, 0) is 6.42 Å². The zero-order valence-corrected chi connectivity index (χ0v) is 13.1. The molecule has 0 fully saturated rings. The van der Waals surface area contributed by atoms with E-state index in [0.29, 0.717) is 23.5 Å². The van der Waals surface area contributed by atoms with E-state index in [4.69, 9.17) is 27.8 Å². The number of rotatable bonds is 5. The number of aliphatic hydroxyl groups is 1. The molecule has 0 saturated heterocycles. The van der Waals surface area contributed by atoms with Gasteiger partial charge in [-0.3, -0.25) is 0 Å². The first kappa shape index (κ1) is 15.0. The molecular formula is C15H14BrNO2S. The summed E-state index contributed by atoms with van der Waals surface area (Å²) in [6.45, 7) is 0.0723.